The van der Waals surface area contributed by atoms with E-state index in [1.54, 1.807) is 24.3 Å². The van der Waals surface area contributed by atoms with Crippen LogP contribution in [0.4, 0.5) is 0 Å². The molecule has 53 heavy (non-hydrogen) atoms. The monoisotopic (exact) mass is 754 g/mol. The maximum atomic E-state index is 13.0. The molecule has 0 radical (unpaired) electrons. The Balaban J connectivity index is 0.000000232. The van der Waals surface area contributed by atoms with Crippen molar-refractivity contribution in [2.75, 3.05) is 0 Å². The number of carboxylic acid groups (broad SMARTS) is 2. The number of benzene rings is 6. The SMILES string of the molecule is CC(c1ccccc1)c1ccc(C(C)c2ccccc2)c(C(=O)O)c1[O-].CC(c1ccccc1)c1ccc(C(C)c2ccccc2)c(C(=O)O)c1[O-].[Zn+2]. The molecule has 0 bridgehead atoms. The Morgan fingerprint density at radius 1 is 0.396 bits per heavy atom. The van der Waals surface area contributed by atoms with Crippen LogP contribution in [-0.2, 0) is 19.5 Å². The van der Waals surface area contributed by atoms with Crippen molar-refractivity contribution in [2.45, 2.75) is 51.4 Å². The van der Waals surface area contributed by atoms with Gasteiger partial charge in [-0.25, -0.2) is 9.59 Å². The quantitative estimate of drug-likeness (QED) is 0.134. The van der Waals surface area contributed by atoms with Crippen LogP contribution in [0.25, 0.3) is 0 Å². The Hall–Kier alpha value is -5.52. The number of hydrogen-bond acceptors (Lipinski definition) is 4. The normalized spacial score (nSPS) is 12.9. The Morgan fingerprint density at radius 2 is 0.604 bits per heavy atom. The van der Waals surface area contributed by atoms with E-state index >= 15 is 0 Å². The summed E-state index contributed by atoms with van der Waals surface area (Å²) in [5, 5.41) is 45.4. The third-order valence-electron chi connectivity index (χ3n) is 9.93. The zero-order valence-electron chi connectivity index (χ0n) is 30.4. The van der Waals surface area contributed by atoms with Gasteiger partial charge in [-0.2, -0.15) is 0 Å². The van der Waals surface area contributed by atoms with Gasteiger partial charge in [0.1, 0.15) is 0 Å². The van der Waals surface area contributed by atoms with E-state index in [4.69, 9.17) is 0 Å². The van der Waals surface area contributed by atoms with Crippen LogP contribution < -0.4 is 10.2 Å². The van der Waals surface area contributed by atoms with Crippen LogP contribution in [0.2, 0.25) is 0 Å². The molecule has 2 N–H and O–H groups in total. The van der Waals surface area contributed by atoms with Gasteiger partial charge in [0.05, 0.1) is 11.1 Å². The molecule has 6 nitrogen and oxygen atoms in total. The molecule has 4 atom stereocenters. The van der Waals surface area contributed by atoms with Gasteiger partial charge in [-0.1, -0.05) is 185 Å². The molecule has 0 aliphatic heterocycles. The molecule has 0 aromatic heterocycles. The van der Waals surface area contributed by atoms with Crippen molar-refractivity contribution in [1.82, 2.24) is 0 Å². The summed E-state index contributed by atoms with van der Waals surface area (Å²) in [6, 6.07) is 45.7. The van der Waals surface area contributed by atoms with Gasteiger partial charge >= 0.3 is 31.4 Å². The second-order valence-corrected chi connectivity index (χ2v) is 13.0. The third-order valence-corrected chi connectivity index (χ3v) is 9.93. The van der Waals surface area contributed by atoms with Gasteiger partial charge in [0.15, 0.2) is 0 Å². The van der Waals surface area contributed by atoms with E-state index in [9.17, 15) is 30.0 Å². The summed E-state index contributed by atoms with van der Waals surface area (Å²) in [4.78, 5) is 23.8. The van der Waals surface area contributed by atoms with Crippen LogP contribution in [0.3, 0.4) is 0 Å². The third kappa shape index (κ3) is 9.11. The summed E-state index contributed by atoms with van der Waals surface area (Å²) >= 11 is 0. The number of rotatable bonds is 10. The predicted octanol–water partition coefficient (Wildman–Crippen LogP) is 9.52. The summed E-state index contributed by atoms with van der Waals surface area (Å²) in [6.07, 6.45) is 0. The summed E-state index contributed by atoms with van der Waals surface area (Å²) in [5.41, 5.74) is 5.83. The summed E-state index contributed by atoms with van der Waals surface area (Å²) in [5.74, 6) is -3.80. The molecule has 264 valence electrons. The molecule has 0 saturated carbocycles. The summed E-state index contributed by atoms with van der Waals surface area (Å²) in [7, 11) is 0. The van der Waals surface area contributed by atoms with Gasteiger partial charge in [0, 0.05) is 23.7 Å². The minimum absolute atomic E-state index is 0. The van der Waals surface area contributed by atoms with E-state index in [0.717, 1.165) is 22.3 Å². The molecular weight excluding hydrogens is 714 g/mol. The Morgan fingerprint density at radius 3 is 0.830 bits per heavy atom. The minimum atomic E-state index is -1.17. The molecule has 7 heteroatoms. The summed E-state index contributed by atoms with van der Waals surface area (Å²) < 4.78 is 0. The zero-order valence-corrected chi connectivity index (χ0v) is 33.4. The van der Waals surface area contributed by atoms with E-state index in [1.165, 1.54) is 0 Å². The molecule has 4 unspecified atom stereocenters. The number of carbonyl (C=O) groups is 2. The van der Waals surface area contributed by atoms with Crippen LogP contribution in [0.1, 0.15) is 117 Å². The van der Waals surface area contributed by atoms with E-state index in [2.05, 4.69) is 0 Å². The van der Waals surface area contributed by atoms with Crippen molar-refractivity contribution in [3.8, 4) is 11.5 Å². The van der Waals surface area contributed by atoms with Crippen molar-refractivity contribution in [3.05, 3.63) is 201 Å². The number of carboxylic acids is 2. The van der Waals surface area contributed by atoms with Crippen molar-refractivity contribution < 1.29 is 49.5 Å². The van der Waals surface area contributed by atoms with Gasteiger partial charge in [-0.3, -0.25) is 0 Å². The van der Waals surface area contributed by atoms with Crippen LogP contribution in [-0.4, -0.2) is 22.2 Å². The molecule has 0 spiro atoms. The standard InChI is InChI=1S/2C23H22O3.Zn/c2*1-15(17-9-5-3-6-10-17)19-13-14-20(22(24)21(19)23(25)26)16(2)18-11-7-4-8-12-18;/h2*3-16,24H,1-2H3,(H,25,26);/q;;+2/p-2. The van der Waals surface area contributed by atoms with Gasteiger partial charge in [0.2, 0.25) is 0 Å². The van der Waals surface area contributed by atoms with E-state index in [-0.39, 0.29) is 54.3 Å². The van der Waals surface area contributed by atoms with Crippen LogP contribution in [0.5, 0.6) is 11.5 Å². The molecule has 0 saturated heterocycles. The van der Waals surface area contributed by atoms with Gasteiger partial charge < -0.3 is 20.4 Å². The minimum Gasteiger partial charge on any atom is -0.872 e. The molecule has 0 heterocycles. The van der Waals surface area contributed by atoms with Crippen molar-refractivity contribution in [2.24, 2.45) is 0 Å². The van der Waals surface area contributed by atoms with E-state index < -0.39 is 23.4 Å². The fourth-order valence-corrected chi connectivity index (χ4v) is 6.76. The fourth-order valence-electron chi connectivity index (χ4n) is 6.76. The van der Waals surface area contributed by atoms with E-state index in [0.29, 0.717) is 22.3 Å². The molecule has 0 amide bonds. The van der Waals surface area contributed by atoms with Gasteiger partial charge in [0.25, 0.3) is 0 Å². The zero-order chi connectivity index (χ0) is 37.4. The Bertz CT molecular complexity index is 1960. The van der Waals surface area contributed by atoms with Crippen LogP contribution in [0, 0.1) is 0 Å². The van der Waals surface area contributed by atoms with Crippen molar-refractivity contribution in [1.29, 1.82) is 0 Å². The first-order valence-electron chi connectivity index (χ1n) is 17.3. The average molecular weight is 756 g/mol. The maximum Gasteiger partial charge on any atom is 2.00 e. The smallest absolute Gasteiger partial charge is 0.872 e. The molecule has 6 aromatic carbocycles. The Kier molecular flexibility index (Phi) is 13.9. The summed E-state index contributed by atoms with van der Waals surface area (Å²) in [6.45, 7) is 7.71. The predicted molar refractivity (Wildman–Crippen MR) is 202 cm³/mol. The molecule has 6 aromatic rings. The second kappa shape index (κ2) is 18.3. The first-order valence-corrected chi connectivity index (χ1v) is 17.3. The average Bonchev–Trinajstić information content (AvgIpc) is 3.17. The molecule has 6 rings (SSSR count). The first-order chi connectivity index (χ1) is 25.0. The molecule has 0 fully saturated rings. The fraction of sp³-hybridized carbons (Fsp3) is 0.174. The van der Waals surface area contributed by atoms with Crippen molar-refractivity contribution in [3.63, 3.8) is 0 Å². The molecule has 0 aliphatic carbocycles. The van der Waals surface area contributed by atoms with Crippen molar-refractivity contribution >= 4 is 11.9 Å². The number of hydrogen-bond donors (Lipinski definition) is 2. The van der Waals surface area contributed by atoms with Gasteiger partial charge in [-0.05, 0) is 44.5 Å². The molecule has 0 aliphatic rings. The largest absolute Gasteiger partial charge is 2.00 e. The van der Waals surface area contributed by atoms with Gasteiger partial charge in [-0.15, -0.1) is 0 Å². The second-order valence-electron chi connectivity index (χ2n) is 13.0. The Labute approximate surface area is 324 Å². The maximum absolute atomic E-state index is 13.0. The van der Waals surface area contributed by atoms with Crippen LogP contribution >= 0.6 is 0 Å². The van der Waals surface area contributed by atoms with E-state index in [1.807, 2.05) is 149 Å². The molecular formula is C46H42O6Zn. The van der Waals surface area contributed by atoms with Crippen LogP contribution in [0.15, 0.2) is 146 Å². The number of aromatic carboxylic acids is 2. The topological polar surface area (TPSA) is 121 Å². The first kappa shape index (κ1) is 40.3.